The molecule has 1 fully saturated rings. The van der Waals surface area contributed by atoms with Crippen molar-refractivity contribution in [2.75, 3.05) is 30.5 Å². The summed E-state index contributed by atoms with van der Waals surface area (Å²) in [7, 11) is -7.76. The average Bonchev–Trinajstić information content (AvgIpc) is 3.47. The van der Waals surface area contributed by atoms with Crippen molar-refractivity contribution in [1.82, 2.24) is 9.62 Å². The molecule has 1 saturated heterocycles. The Hall–Kier alpha value is -1.95. The molecular formula is C20H27N3O5S3. The molecule has 1 aliphatic heterocycles. The van der Waals surface area contributed by atoms with Gasteiger partial charge in [0.1, 0.15) is 10.8 Å². The Morgan fingerprint density at radius 3 is 2.52 bits per heavy atom. The number of sulfonamides is 2. The van der Waals surface area contributed by atoms with Gasteiger partial charge in [0.25, 0.3) is 10.0 Å². The normalized spacial score (nSPS) is 15.1. The van der Waals surface area contributed by atoms with Crippen LogP contribution in [0.15, 0.2) is 50.9 Å². The lowest BCUT2D eigenvalue weighted by molar-refractivity contribution is -0.119. The zero-order chi connectivity index (χ0) is 22.5. The summed E-state index contributed by atoms with van der Waals surface area (Å²) in [5.74, 6) is -0.443. The largest absolute Gasteiger partial charge is 0.355 e. The minimum absolute atomic E-state index is 0.0182. The summed E-state index contributed by atoms with van der Waals surface area (Å²) in [5, 5.41) is 4.36. The first-order valence-corrected chi connectivity index (χ1v) is 14.0. The van der Waals surface area contributed by atoms with Crippen molar-refractivity contribution in [2.24, 2.45) is 0 Å². The van der Waals surface area contributed by atoms with Crippen LogP contribution in [-0.4, -0.2) is 53.2 Å². The van der Waals surface area contributed by atoms with Gasteiger partial charge >= 0.3 is 0 Å². The molecule has 11 heteroatoms. The van der Waals surface area contributed by atoms with E-state index >= 15 is 0 Å². The molecule has 0 saturated carbocycles. The Bertz CT molecular complexity index is 1090. The van der Waals surface area contributed by atoms with Gasteiger partial charge in [-0.25, -0.2) is 16.8 Å². The topological polar surface area (TPSA) is 104 Å². The minimum atomic E-state index is -4.04. The van der Waals surface area contributed by atoms with Crippen LogP contribution in [0.4, 0.5) is 5.69 Å². The van der Waals surface area contributed by atoms with Gasteiger partial charge in [-0.05, 0) is 48.9 Å². The SMILES string of the molecule is CCCCNC(=O)CN(c1cccc(S(=O)(=O)N2CCCC2)c1)S(=O)(=O)c1cccs1. The standard InChI is InChI=1S/C20H27N3O5S3/c1-2-3-11-21-19(24)16-23(31(27,28)20-10-7-14-29-20)17-8-6-9-18(15-17)30(25,26)22-12-4-5-13-22/h6-10,14-15H,2-5,11-13,16H2,1H3,(H,21,24). The number of amides is 1. The molecule has 0 aliphatic carbocycles. The lowest BCUT2D eigenvalue weighted by Gasteiger charge is -2.24. The number of carbonyl (C=O) groups excluding carboxylic acids is 1. The number of anilines is 1. The zero-order valence-electron chi connectivity index (χ0n) is 17.4. The Morgan fingerprint density at radius 2 is 1.87 bits per heavy atom. The Labute approximate surface area is 188 Å². The predicted octanol–water partition coefficient (Wildman–Crippen LogP) is 2.64. The van der Waals surface area contributed by atoms with E-state index < -0.39 is 32.5 Å². The molecule has 1 aromatic heterocycles. The van der Waals surface area contributed by atoms with Crippen molar-refractivity contribution < 1.29 is 21.6 Å². The van der Waals surface area contributed by atoms with E-state index in [9.17, 15) is 21.6 Å². The summed E-state index contributed by atoms with van der Waals surface area (Å²) in [6.07, 6.45) is 3.28. The van der Waals surface area contributed by atoms with Crippen LogP contribution in [0.25, 0.3) is 0 Å². The number of hydrogen-bond acceptors (Lipinski definition) is 6. The Balaban J connectivity index is 1.96. The van der Waals surface area contributed by atoms with Crippen LogP contribution in [0.5, 0.6) is 0 Å². The van der Waals surface area contributed by atoms with Crippen LogP contribution in [0.2, 0.25) is 0 Å². The van der Waals surface area contributed by atoms with E-state index in [4.69, 9.17) is 0 Å². The number of carbonyl (C=O) groups is 1. The highest BCUT2D eigenvalue weighted by Crippen LogP contribution is 2.29. The van der Waals surface area contributed by atoms with Crippen LogP contribution in [-0.2, 0) is 24.8 Å². The second kappa shape index (κ2) is 10.1. The summed E-state index contributed by atoms with van der Waals surface area (Å²) >= 11 is 1.04. The fraction of sp³-hybridized carbons (Fsp3) is 0.450. The highest BCUT2D eigenvalue weighted by Gasteiger charge is 2.31. The summed E-state index contributed by atoms with van der Waals surface area (Å²) in [5.41, 5.74) is 0.138. The van der Waals surface area contributed by atoms with Crippen molar-refractivity contribution in [3.8, 4) is 0 Å². The number of rotatable bonds is 10. The smallest absolute Gasteiger partial charge is 0.274 e. The van der Waals surface area contributed by atoms with Crippen molar-refractivity contribution >= 4 is 43.0 Å². The molecule has 3 rings (SSSR count). The number of thiophene rings is 1. The summed E-state index contributed by atoms with van der Waals surface area (Å²) in [6.45, 7) is 2.90. The van der Waals surface area contributed by atoms with E-state index in [2.05, 4.69) is 5.32 Å². The van der Waals surface area contributed by atoms with Gasteiger partial charge in [0.2, 0.25) is 15.9 Å². The first-order chi connectivity index (χ1) is 14.8. The zero-order valence-corrected chi connectivity index (χ0v) is 19.8. The van der Waals surface area contributed by atoms with Crippen LogP contribution >= 0.6 is 11.3 Å². The van der Waals surface area contributed by atoms with Crippen LogP contribution in [0.1, 0.15) is 32.6 Å². The van der Waals surface area contributed by atoms with E-state index in [0.29, 0.717) is 19.6 Å². The third-order valence-corrected chi connectivity index (χ3v) is 10.0. The summed E-state index contributed by atoms with van der Waals surface area (Å²) in [4.78, 5) is 12.5. The van der Waals surface area contributed by atoms with Crippen molar-refractivity contribution in [2.45, 2.75) is 41.7 Å². The molecule has 31 heavy (non-hydrogen) atoms. The highest BCUT2D eigenvalue weighted by molar-refractivity contribution is 7.94. The average molecular weight is 486 g/mol. The molecule has 1 aromatic carbocycles. The van der Waals surface area contributed by atoms with Gasteiger partial charge < -0.3 is 5.32 Å². The first-order valence-electron chi connectivity index (χ1n) is 10.2. The van der Waals surface area contributed by atoms with Gasteiger partial charge in [-0.2, -0.15) is 4.31 Å². The maximum atomic E-state index is 13.3. The lowest BCUT2D eigenvalue weighted by atomic mass is 10.3. The number of nitrogens with one attached hydrogen (secondary N) is 1. The van der Waals surface area contributed by atoms with Gasteiger partial charge in [0.05, 0.1) is 10.6 Å². The molecule has 1 aliphatic rings. The highest BCUT2D eigenvalue weighted by atomic mass is 32.2. The fourth-order valence-electron chi connectivity index (χ4n) is 3.30. The molecule has 2 heterocycles. The first kappa shape index (κ1) is 23.7. The summed E-state index contributed by atoms with van der Waals surface area (Å²) in [6, 6.07) is 8.88. The molecule has 0 unspecified atom stereocenters. The molecular weight excluding hydrogens is 458 g/mol. The second-order valence-corrected chi connectivity index (χ2v) is 12.2. The lowest BCUT2D eigenvalue weighted by Crippen LogP contribution is -2.41. The third-order valence-electron chi connectivity index (χ3n) is 4.99. The Kier molecular flexibility index (Phi) is 7.73. The van der Waals surface area contributed by atoms with Crippen LogP contribution in [0.3, 0.4) is 0 Å². The van der Waals surface area contributed by atoms with E-state index in [1.54, 1.807) is 11.4 Å². The second-order valence-electron chi connectivity index (χ2n) is 7.26. The monoisotopic (exact) mass is 485 g/mol. The van der Waals surface area contributed by atoms with Crippen LogP contribution < -0.4 is 9.62 Å². The molecule has 8 nitrogen and oxygen atoms in total. The minimum Gasteiger partial charge on any atom is -0.355 e. The van der Waals surface area contributed by atoms with Crippen molar-refractivity contribution in [3.63, 3.8) is 0 Å². The van der Waals surface area contributed by atoms with E-state index in [1.165, 1.54) is 34.6 Å². The molecule has 0 spiro atoms. The molecule has 0 radical (unpaired) electrons. The maximum Gasteiger partial charge on any atom is 0.274 e. The van der Waals surface area contributed by atoms with Gasteiger partial charge in [0, 0.05) is 19.6 Å². The molecule has 1 N–H and O–H groups in total. The Morgan fingerprint density at radius 1 is 1.13 bits per heavy atom. The van der Waals surface area contributed by atoms with Gasteiger partial charge in [-0.3, -0.25) is 9.10 Å². The van der Waals surface area contributed by atoms with Gasteiger partial charge in [0.15, 0.2) is 0 Å². The quantitative estimate of drug-likeness (QED) is 0.521. The number of unbranched alkanes of at least 4 members (excludes halogenated alkanes) is 1. The van der Waals surface area contributed by atoms with E-state index in [-0.39, 0.29) is 14.8 Å². The molecule has 2 aromatic rings. The van der Waals surface area contributed by atoms with Crippen LogP contribution in [0, 0.1) is 0 Å². The van der Waals surface area contributed by atoms with Crippen molar-refractivity contribution in [1.29, 1.82) is 0 Å². The fourth-order valence-corrected chi connectivity index (χ4v) is 7.38. The van der Waals surface area contributed by atoms with E-state index in [0.717, 1.165) is 41.3 Å². The van der Waals surface area contributed by atoms with Crippen molar-refractivity contribution in [3.05, 3.63) is 41.8 Å². The number of nitrogens with zero attached hydrogens (tertiary/aromatic N) is 2. The summed E-state index contributed by atoms with van der Waals surface area (Å²) < 4.78 is 54.9. The van der Waals surface area contributed by atoms with Gasteiger partial charge in [-0.1, -0.05) is 25.5 Å². The molecule has 1 amide bonds. The predicted molar refractivity (Wildman–Crippen MR) is 121 cm³/mol. The van der Waals surface area contributed by atoms with Gasteiger partial charge in [-0.15, -0.1) is 11.3 Å². The third kappa shape index (κ3) is 5.46. The molecule has 170 valence electrons. The molecule has 0 atom stereocenters. The molecule has 0 bridgehead atoms. The van der Waals surface area contributed by atoms with E-state index in [1.807, 2.05) is 6.92 Å². The maximum absolute atomic E-state index is 13.3. The number of benzene rings is 1. The number of hydrogen-bond donors (Lipinski definition) is 1.